The molecule has 0 aromatic carbocycles. The van der Waals surface area contributed by atoms with Crippen molar-refractivity contribution >= 4 is 12.3 Å². The minimum absolute atomic E-state index is 0.00745. The first-order valence-corrected chi connectivity index (χ1v) is 7.65. The predicted octanol–water partition coefficient (Wildman–Crippen LogP) is 2.90. The molecule has 0 spiro atoms. The van der Waals surface area contributed by atoms with Crippen LogP contribution >= 0.6 is 0 Å². The molecule has 1 heterocycles. The van der Waals surface area contributed by atoms with Gasteiger partial charge in [-0.3, -0.25) is 9.36 Å². The Morgan fingerprint density at radius 1 is 1.36 bits per heavy atom. The predicted molar refractivity (Wildman–Crippen MR) is 80.6 cm³/mol. The van der Waals surface area contributed by atoms with Crippen LogP contribution in [-0.4, -0.2) is 23.4 Å². The van der Waals surface area contributed by atoms with E-state index >= 15 is 0 Å². The highest BCUT2D eigenvalue weighted by atomic mass is 19.4. The maximum atomic E-state index is 14.2. The maximum Gasteiger partial charge on any atom is 0.419 e. The molecular formula is C16H19F4NO4. The molecule has 0 bridgehead atoms. The molecule has 0 saturated heterocycles. The van der Waals surface area contributed by atoms with Gasteiger partial charge in [-0.25, -0.2) is 9.18 Å². The second-order valence-corrected chi connectivity index (χ2v) is 5.82. The molecule has 1 rings (SSSR count). The first-order chi connectivity index (χ1) is 11.5. The van der Waals surface area contributed by atoms with Crippen LogP contribution in [0.4, 0.5) is 17.6 Å². The average molecular weight is 365 g/mol. The monoisotopic (exact) mass is 365 g/mol. The fourth-order valence-corrected chi connectivity index (χ4v) is 2.44. The van der Waals surface area contributed by atoms with Gasteiger partial charge in [0.05, 0.1) is 6.61 Å². The Hall–Kier alpha value is -2.19. The summed E-state index contributed by atoms with van der Waals surface area (Å²) < 4.78 is 58.7. The molecule has 1 atom stereocenters. The Balaban J connectivity index is 3.64. The van der Waals surface area contributed by atoms with E-state index in [1.807, 2.05) is 0 Å². The van der Waals surface area contributed by atoms with Crippen molar-refractivity contribution < 1.29 is 31.9 Å². The molecule has 0 aliphatic rings. The van der Waals surface area contributed by atoms with E-state index in [4.69, 9.17) is 4.74 Å². The van der Waals surface area contributed by atoms with E-state index in [2.05, 4.69) is 0 Å². The van der Waals surface area contributed by atoms with Crippen LogP contribution in [0, 0.1) is 11.7 Å². The number of hydrogen-bond acceptors (Lipinski definition) is 4. The van der Waals surface area contributed by atoms with E-state index in [0.29, 0.717) is 10.8 Å². The summed E-state index contributed by atoms with van der Waals surface area (Å²) in [5, 5.41) is 0. The third-order valence-electron chi connectivity index (χ3n) is 3.43. The van der Waals surface area contributed by atoms with Crippen molar-refractivity contribution in [3.8, 4) is 0 Å². The summed E-state index contributed by atoms with van der Waals surface area (Å²) in [6.45, 7) is 4.97. The van der Waals surface area contributed by atoms with Crippen molar-refractivity contribution in [2.45, 2.75) is 45.8 Å². The summed E-state index contributed by atoms with van der Waals surface area (Å²) in [5.41, 5.74) is -4.08. The summed E-state index contributed by atoms with van der Waals surface area (Å²) >= 11 is 0. The number of aromatic nitrogens is 1. The highest BCUT2D eigenvalue weighted by Gasteiger charge is 2.39. The third kappa shape index (κ3) is 4.90. The number of carbonyl (C=O) groups excluding carboxylic acids is 2. The number of rotatable bonds is 7. The molecule has 5 nitrogen and oxygen atoms in total. The van der Waals surface area contributed by atoms with E-state index in [1.54, 1.807) is 13.8 Å². The minimum atomic E-state index is -5.14. The molecular weight excluding hydrogens is 346 g/mol. The Labute approximate surface area is 141 Å². The summed E-state index contributed by atoms with van der Waals surface area (Å²) in [4.78, 5) is 34.9. The highest BCUT2D eigenvalue weighted by Crippen LogP contribution is 2.33. The summed E-state index contributed by atoms with van der Waals surface area (Å²) in [6, 6.07) is -1.28. The molecule has 0 aliphatic carbocycles. The van der Waals surface area contributed by atoms with Crippen LogP contribution in [0.15, 0.2) is 11.0 Å². The van der Waals surface area contributed by atoms with Gasteiger partial charge >= 0.3 is 12.1 Å². The highest BCUT2D eigenvalue weighted by molar-refractivity contribution is 5.74. The van der Waals surface area contributed by atoms with Crippen LogP contribution in [0.5, 0.6) is 0 Å². The van der Waals surface area contributed by atoms with Crippen molar-refractivity contribution in [2.75, 3.05) is 6.61 Å². The number of carbonyl (C=O) groups is 2. The largest absolute Gasteiger partial charge is 0.464 e. The van der Waals surface area contributed by atoms with Gasteiger partial charge in [-0.15, -0.1) is 0 Å². The molecule has 0 fully saturated rings. The van der Waals surface area contributed by atoms with Crippen molar-refractivity contribution in [3.63, 3.8) is 0 Å². The fourth-order valence-electron chi connectivity index (χ4n) is 2.44. The molecule has 0 N–H and O–H groups in total. The van der Waals surface area contributed by atoms with E-state index in [0.717, 1.165) is 0 Å². The number of alkyl halides is 3. The zero-order valence-electron chi connectivity index (χ0n) is 14.0. The smallest absolute Gasteiger partial charge is 0.419 e. The zero-order valence-corrected chi connectivity index (χ0v) is 14.0. The number of halogens is 4. The molecule has 0 radical (unpaired) electrons. The molecule has 1 unspecified atom stereocenters. The van der Waals surface area contributed by atoms with Gasteiger partial charge in [0.25, 0.3) is 5.56 Å². The van der Waals surface area contributed by atoms with Crippen LogP contribution in [0.25, 0.3) is 0 Å². The van der Waals surface area contributed by atoms with Gasteiger partial charge in [-0.2, -0.15) is 13.2 Å². The second kappa shape index (κ2) is 8.26. The van der Waals surface area contributed by atoms with E-state index in [1.165, 1.54) is 6.92 Å². The number of aldehydes is 1. The lowest BCUT2D eigenvalue weighted by Gasteiger charge is -2.22. The first-order valence-electron chi connectivity index (χ1n) is 7.65. The average Bonchev–Trinajstić information content (AvgIpc) is 2.47. The van der Waals surface area contributed by atoms with Gasteiger partial charge < -0.3 is 9.53 Å². The van der Waals surface area contributed by atoms with Gasteiger partial charge in [0.2, 0.25) is 5.82 Å². The Morgan fingerprint density at radius 3 is 2.40 bits per heavy atom. The van der Waals surface area contributed by atoms with Crippen molar-refractivity contribution in [3.05, 3.63) is 33.5 Å². The molecule has 0 amide bonds. The Kier molecular flexibility index (Phi) is 6.89. The summed E-state index contributed by atoms with van der Waals surface area (Å²) in [5.74, 6) is -3.01. The molecule has 0 aliphatic heterocycles. The molecule has 9 heteroatoms. The van der Waals surface area contributed by atoms with Crippen LogP contribution in [-0.2, 0) is 26.9 Å². The molecule has 25 heavy (non-hydrogen) atoms. The second-order valence-electron chi connectivity index (χ2n) is 5.82. The molecule has 0 saturated carbocycles. The van der Waals surface area contributed by atoms with Gasteiger partial charge in [0.15, 0.2) is 0 Å². The maximum absolute atomic E-state index is 14.2. The van der Waals surface area contributed by atoms with Crippen molar-refractivity contribution in [2.24, 2.45) is 5.92 Å². The van der Waals surface area contributed by atoms with Crippen LogP contribution in [0.2, 0.25) is 0 Å². The zero-order chi connectivity index (χ0) is 19.4. The normalized spacial score (nSPS) is 13.0. The molecule has 1 aromatic heterocycles. The van der Waals surface area contributed by atoms with Crippen LogP contribution < -0.4 is 5.56 Å². The van der Waals surface area contributed by atoms with E-state index in [9.17, 15) is 31.9 Å². The number of hydrogen-bond donors (Lipinski definition) is 0. The van der Waals surface area contributed by atoms with Gasteiger partial charge in [-0.05, 0) is 24.8 Å². The summed E-state index contributed by atoms with van der Waals surface area (Å²) in [7, 11) is 0. The van der Waals surface area contributed by atoms with Gasteiger partial charge in [0.1, 0.15) is 17.9 Å². The standard InChI is InChI=1S/C16H19F4NO4/c1-4-25-15(24)11(7-9(2)3)21-8-10(5-6-22)12(16(18,19)20)13(17)14(21)23/h6,8-9,11H,4-5,7H2,1-3H3. The summed E-state index contributed by atoms with van der Waals surface area (Å²) in [6.07, 6.45) is -4.95. The van der Waals surface area contributed by atoms with Crippen LogP contribution in [0.3, 0.4) is 0 Å². The number of ether oxygens (including phenoxy) is 1. The SMILES string of the molecule is CCOC(=O)C(CC(C)C)n1cc(CC=O)c(C(F)(F)F)c(F)c1=O. The lowest BCUT2D eigenvalue weighted by Crippen LogP contribution is -2.36. The minimum Gasteiger partial charge on any atom is -0.464 e. The van der Waals surface area contributed by atoms with E-state index in [-0.39, 0.29) is 25.2 Å². The van der Waals surface area contributed by atoms with Crippen molar-refractivity contribution in [1.29, 1.82) is 0 Å². The molecule has 140 valence electrons. The van der Waals surface area contributed by atoms with Crippen molar-refractivity contribution in [1.82, 2.24) is 4.57 Å². The Bertz CT molecular complexity index is 695. The first kappa shape index (κ1) is 20.9. The lowest BCUT2D eigenvalue weighted by molar-refractivity contribution is -0.147. The Morgan fingerprint density at radius 2 is 1.96 bits per heavy atom. The topological polar surface area (TPSA) is 65.4 Å². The number of nitrogens with zero attached hydrogens (tertiary/aromatic N) is 1. The number of esters is 1. The quantitative estimate of drug-likeness (QED) is 0.423. The lowest BCUT2D eigenvalue weighted by atomic mass is 10.0. The van der Waals surface area contributed by atoms with Gasteiger partial charge in [-0.1, -0.05) is 13.8 Å². The van der Waals surface area contributed by atoms with Crippen LogP contribution in [0.1, 0.15) is 44.4 Å². The fraction of sp³-hybridized carbons (Fsp3) is 0.562. The number of pyridine rings is 1. The van der Waals surface area contributed by atoms with Gasteiger partial charge in [0, 0.05) is 12.6 Å². The third-order valence-corrected chi connectivity index (χ3v) is 3.43. The van der Waals surface area contributed by atoms with E-state index < -0.39 is 47.1 Å². The molecule has 1 aromatic rings.